The van der Waals surface area contributed by atoms with Gasteiger partial charge in [-0.15, -0.1) is 11.3 Å². The molecule has 0 bridgehead atoms. The van der Waals surface area contributed by atoms with Crippen LogP contribution in [0.3, 0.4) is 0 Å². The molecular formula is C11H17NOS. The molecule has 3 heteroatoms. The fraction of sp³-hybridized carbons (Fsp3) is 0.636. The highest BCUT2D eigenvalue weighted by atomic mass is 32.1. The summed E-state index contributed by atoms with van der Waals surface area (Å²) in [6, 6.07) is 4.79. The summed E-state index contributed by atoms with van der Waals surface area (Å²) in [6.45, 7) is 4.13. The topological polar surface area (TPSA) is 21.3 Å². The highest BCUT2D eigenvalue weighted by molar-refractivity contribution is 7.10. The molecule has 2 unspecified atom stereocenters. The van der Waals surface area contributed by atoms with E-state index in [4.69, 9.17) is 4.74 Å². The Bertz CT molecular complexity index is 254. The van der Waals surface area contributed by atoms with Gasteiger partial charge in [0, 0.05) is 10.9 Å². The maximum absolute atomic E-state index is 5.82. The Labute approximate surface area is 89.3 Å². The van der Waals surface area contributed by atoms with Gasteiger partial charge in [-0.1, -0.05) is 6.07 Å². The van der Waals surface area contributed by atoms with Gasteiger partial charge >= 0.3 is 0 Å². The van der Waals surface area contributed by atoms with Crippen molar-refractivity contribution in [1.29, 1.82) is 0 Å². The predicted octanol–water partition coefficient (Wildman–Crippen LogP) is 2.58. The van der Waals surface area contributed by atoms with Gasteiger partial charge in [-0.2, -0.15) is 0 Å². The van der Waals surface area contributed by atoms with Crippen molar-refractivity contribution < 1.29 is 4.74 Å². The van der Waals surface area contributed by atoms with Gasteiger partial charge in [-0.25, -0.2) is 0 Å². The zero-order chi connectivity index (χ0) is 9.80. The first-order chi connectivity index (χ1) is 6.86. The third-order valence-electron chi connectivity index (χ3n) is 2.65. The zero-order valence-corrected chi connectivity index (χ0v) is 9.35. The first-order valence-corrected chi connectivity index (χ1v) is 6.12. The van der Waals surface area contributed by atoms with Crippen LogP contribution in [-0.4, -0.2) is 19.2 Å². The Kier molecular flexibility index (Phi) is 3.56. The molecule has 14 heavy (non-hydrogen) atoms. The number of thiophene rings is 1. The van der Waals surface area contributed by atoms with Crippen molar-refractivity contribution in [3.8, 4) is 0 Å². The molecule has 1 aromatic rings. The standard InChI is InChI=1S/C11H17NOS/c1-9(11-5-3-7-14-11)13-8-10-4-2-6-12-10/h3,5,7,9-10,12H,2,4,6,8H2,1H3. The fourth-order valence-electron chi connectivity index (χ4n) is 1.76. The van der Waals surface area contributed by atoms with Crippen molar-refractivity contribution in [1.82, 2.24) is 5.32 Å². The molecule has 2 heterocycles. The van der Waals surface area contributed by atoms with Crippen LogP contribution in [0.4, 0.5) is 0 Å². The van der Waals surface area contributed by atoms with Crippen molar-refractivity contribution in [2.24, 2.45) is 0 Å². The highest BCUT2D eigenvalue weighted by Crippen LogP contribution is 2.22. The van der Waals surface area contributed by atoms with Crippen molar-refractivity contribution in [2.75, 3.05) is 13.2 Å². The van der Waals surface area contributed by atoms with Crippen LogP contribution in [0.15, 0.2) is 17.5 Å². The third kappa shape index (κ3) is 2.56. The van der Waals surface area contributed by atoms with Crippen LogP contribution in [0.25, 0.3) is 0 Å². The average molecular weight is 211 g/mol. The molecule has 0 radical (unpaired) electrons. The molecule has 0 amide bonds. The second kappa shape index (κ2) is 4.91. The van der Waals surface area contributed by atoms with Crippen LogP contribution in [-0.2, 0) is 4.74 Å². The summed E-state index contributed by atoms with van der Waals surface area (Å²) in [6.07, 6.45) is 2.80. The molecule has 1 fully saturated rings. The van der Waals surface area contributed by atoms with Gasteiger partial charge in [0.15, 0.2) is 0 Å². The largest absolute Gasteiger partial charge is 0.371 e. The number of hydrogen-bond acceptors (Lipinski definition) is 3. The Hall–Kier alpha value is -0.380. The summed E-state index contributed by atoms with van der Waals surface area (Å²) < 4.78 is 5.82. The Balaban J connectivity index is 1.74. The summed E-state index contributed by atoms with van der Waals surface area (Å²) in [4.78, 5) is 1.32. The minimum atomic E-state index is 0.248. The van der Waals surface area contributed by atoms with E-state index >= 15 is 0 Å². The van der Waals surface area contributed by atoms with Crippen molar-refractivity contribution in [2.45, 2.75) is 31.9 Å². The first-order valence-electron chi connectivity index (χ1n) is 5.24. The summed E-state index contributed by atoms with van der Waals surface area (Å²) in [5, 5.41) is 5.54. The molecule has 2 nitrogen and oxygen atoms in total. The fourth-order valence-corrected chi connectivity index (χ4v) is 2.50. The molecular weight excluding hydrogens is 194 g/mol. The lowest BCUT2D eigenvalue weighted by molar-refractivity contribution is 0.0547. The van der Waals surface area contributed by atoms with Crippen molar-refractivity contribution >= 4 is 11.3 Å². The van der Waals surface area contributed by atoms with Crippen LogP contribution in [0.1, 0.15) is 30.7 Å². The molecule has 1 saturated heterocycles. The smallest absolute Gasteiger partial charge is 0.0889 e. The predicted molar refractivity (Wildman–Crippen MR) is 59.7 cm³/mol. The second-order valence-corrected chi connectivity index (χ2v) is 4.76. The second-order valence-electron chi connectivity index (χ2n) is 3.78. The number of ether oxygens (including phenoxy) is 1. The van der Waals surface area contributed by atoms with E-state index in [0.717, 1.165) is 13.2 Å². The van der Waals surface area contributed by atoms with Crippen molar-refractivity contribution in [3.63, 3.8) is 0 Å². The van der Waals surface area contributed by atoms with Gasteiger partial charge in [-0.05, 0) is 37.8 Å². The number of nitrogens with one attached hydrogen (secondary N) is 1. The maximum Gasteiger partial charge on any atom is 0.0889 e. The number of rotatable bonds is 4. The average Bonchev–Trinajstić information content (AvgIpc) is 2.87. The summed E-state index contributed by atoms with van der Waals surface area (Å²) in [5.74, 6) is 0. The van der Waals surface area contributed by atoms with E-state index in [2.05, 4.69) is 29.8 Å². The maximum atomic E-state index is 5.82. The molecule has 1 aliphatic rings. The van der Waals surface area contributed by atoms with Crippen LogP contribution in [0, 0.1) is 0 Å². The van der Waals surface area contributed by atoms with Crippen molar-refractivity contribution in [3.05, 3.63) is 22.4 Å². The molecule has 1 aliphatic heterocycles. The van der Waals surface area contributed by atoms with Gasteiger partial charge in [0.25, 0.3) is 0 Å². The van der Waals surface area contributed by atoms with Gasteiger partial charge < -0.3 is 10.1 Å². The minimum absolute atomic E-state index is 0.248. The third-order valence-corrected chi connectivity index (χ3v) is 3.69. The molecule has 1 aromatic heterocycles. The van der Waals surface area contributed by atoms with E-state index in [9.17, 15) is 0 Å². The number of hydrogen-bond donors (Lipinski definition) is 1. The molecule has 0 aromatic carbocycles. The Morgan fingerprint density at radius 3 is 3.29 bits per heavy atom. The van der Waals surface area contributed by atoms with Gasteiger partial charge in [0.05, 0.1) is 12.7 Å². The molecule has 2 atom stereocenters. The van der Waals surface area contributed by atoms with E-state index in [1.54, 1.807) is 11.3 Å². The lowest BCUT2D eigenvalue weighted by Crippen LogP contribution is -2.27. The monoisotopic (exact) mass is 211 g/mol. The lowest BCUT2D eigenvalue weighted by Gasteiger charge is -2.15. The highest BCUT2D eigenvalue weighted by Gasteiger charge is 2.15. The SMILES string of the molecule is CC(OCC1CCCN1)c1cccs1. The van der Waals surface area contributed by atoms with Crippen LogP contribution < -0.4 is 5.32 Å². The molecule has 1 N–H and O–H groups in total. The van der Waals surface area contributed by atoms with Crippen LogP contribution >= 0.6 is 11.3 Å². The van der Waals surface area contributed by atoms with Crippen LogP contribution in [0.2, 0.25) is 0 Å². The molecule has 0 spiro atoms. The molecule has 78 valence electrons. The summed E-state index contributed by atoms with van der Waals surface area (Å²) in [5.41, 5.74) is 0. The Morgan fingerprint density at radius 2 is 2.64 bits per heavy atom. The van der Waals surface area contributed by atoms with Gasteiger partial charge in [0.2, 0.25) is 0 Å². The normalized spacial score (nSPS) is 23.9. The van der Waals surface area contributed by atoms with E-state index in [1.807, 2.05) is 0 Å². The van der Waals surface area contributed by atoms with E-state index in [-0.39, 0.29) is 6.10 Å². The molecule has 2 rings (SSSR count). The van der Waals surface area contributed by atoms with Gasteiger partial charge in [0.1, 0.15) is 0 Å². The molecule has 0 saturated carbocycles. The first kappa shape index (κ1) is 10.1. The Morgan fingerprint density at radius 1 is 1.71 bits per heavy atom. The quantitative estimate of drug-likeness (QED) is 0.826. The minimum Gasteiger partial charge on any atom is -0.371 e. The molecule has 0 aliphatic carbocycles. The van der Waals surface area contributed by atoms with E-state index in [0.29, 0.717) is 6.04 Å². The summed E-state index contributed by atoms with van der Waals surface area (Å²) >= 11 is 1.77. The van der Waals surface area contributed by atoms with E-state index in [1.165, 1.54) is 17.7 Å². The van der Waals surface area contributed by atoms with Crippen LogP contribution in [0.5, 0.6) is 0 Å². The lowest BCUT2D eigenvalue weighted by atomic mass is 10.2. The zero-order valence-electron chi connectivity index (χ0n) is 8.53. The summed E-state index contributed by atoms with van der Waals surface area (Å²) in [7, 11) is 0. The van der Waals surface area contributed by atoms with E-state index < -0.39 is 0 Å². The van der Waals surface area contributed by atoms with Gasteiger partial charge in [-0.3, -0.25) is 0 Å².